The summed E-state index contributed by atoms with van der Waals surface area (Å²) in [5, 5.41) is 3.96. The van der Waals surface area contributed by atoms with Crippen LogP contribution >= 0.6 is 18.6 Å². The van der Waals surface area contributed by atoms with E-state index >= 15 is 0 Å². The molecule has 0 aliphatic carbocycles. The average Bonchev–Trinajstić information content (AvgIpc) is 2.93. The fourth-order valence-electron chi connectivity index (χ4n) is 2.12. The molecule has 0 saturated carbocycles. The standard InChI is InChI=1S/C15H15N2OPS/c1-2-16-19(18,12-8-4-3-5-9-12)15-17-13-10-6-7-11-14(13)20-15/h3-11H,2H2,1H3,(H,16,18). The molecule has 0 aliphatic rings. The molecule has 1 aromatic heterocycles. The highest BCUT2D eigenvalue weighted by Crippen LogP contribution is 2.40. The SMILES string of the molecule is CCNP(=O)(c1ccccc1)c1nc2ccccc2s1. The first-order chi connectivity index (χ1) is 9.74. The second kappa shape index (κ2) is 5.49. The lowest BCUT2D eigenvalue weighted by Crippen LogP contribution is -2.27. The monoisotopic (exact) mass is 302 g/mol. The van der Waals surface area contributed by atoms with Crippen LogP contribution in [-0.4, -0.2) is 11.5 Å². The van der Waals surface area contributed by atoms with Gasteiger partial charge in [-0.2, -0.15) is 0 Å². The fraction of sp³-hybridized carbons (Fsp3) is 0.133. The van der Waals surface area contributed by atoms with Crippen LogP contribution in [0.4, 0.5) is 0 Å². The van der Waals surface area contributed by atoms with E-state index in [1.165, 1.54) is 11.3 Å². The highest BCUT2D eigenvalue weighted by atomic mass is 32.1. The van der Waals surface area contributed by atoms with E-state index in [0.717, 1.165) is 15.5 Å². The van der Waals surface area contributed by atoms with Crippen molar-refractivity contribution in [1.29, 1.82) is 0 Å². The average molecular weight is 302 g/mol. The Bertz CT molecular complexity index is 737. The quantitative estimate of drug-likeness (QED) is 0.753. The summed E-state index contributed by atoms with van der Waals surface area (Å²) in [7, 11) is -2.84. The van der Waals surface area contributed by atoms with Crippen LogP contribution in [-0.2, 0) is 4.57 Å². The zero-order valence-electron chi connectivity index (χ0n) is 11.1. The van der Waals surface area contributed by atoms with Crippen molar-refractivity contribution in [2.24, 2.45) is 0 Å². The molecule has 0 amide bonds. The normalized spacial score (nSPS) is 14.2. The first-order valence-electron chi connectivity index (χ1n) is 6.51. The first-order valence-corrected chi connectivity index (χ1v) is 9.03. The van der Waals surface area contributed by atoms with Crippen LogP contribution in [0, 0.1) is 0 Å². The Morgan fingerprint density at radius 2 is 1.80 bits per heavy atom. The summed E-state index contributed by atoms with van der Waals surface area (Å²) in [5.41, 5.74) is 0.904. The lowest BCUT2D eigenvalue weighted by molar-refractivity contribution is 0.579. The zero-order valence-corrected chi connectivity index (χ0v) is 12.8. The number of para-hydroxylation sites is 1. The lowest BCUT2D eigenvalue weighted by Gasteiger charge is -2.16. The maximum absolute atomic E-state index is 13.4. The van der Waals surface area contributed by atoms with Crippen LogP contribution in [0.1, 0.15) is 6.92 Å². The van der Waals surface area contributed by atoms with Gasteiger partial charge in [-0.3, -0.25) is 9.65 Å². The molecule has 3 aromatic rings. The van der Waals surface area contributed by atoms with Crippen molar-refractivity contribution in [2.45, 2.75) is 6.92 Å². The molecule has 3 rings (SSSR count). The highest BCUT2D eigenvalue weighted by molar-refractivity contribution is 7.81. The minimum absolute atomic E-state index is 0.641. The predicted molar refractivity (Wildman–Crippen MR) is 86.6 cm³/mol. The van der Waals surface area contributed by atoms with Gasteiger partial charge in [-0.05, 0) is 30.8 Å². The van der Waals surface area contributed by atoms with E-state index in [9.17, 15) is 4.57 Å². The van der Waals surface area contributed by atoms with Gasteiger partial charge in [0.1, 0.15) is 0 Å². The molecule has 3 nitrogen and oxygen atoms in total. The minimum Gasteiger partial charge on any atom is -0.294 e. The molecule has 0 fully saturated rings. The molecule has 1 atom stereocenters. The molecule has 0 bridgehead atoms. The van der Waals surface area contributed by atoms with Crippen molar-refractivity contribution in [1.82, 2.24) is 10.1 Å². The smallest absolute Gasteiger partial charge is 0.232 e. The number of thiazole rings is 1. The van der Waals surface area contributed by atoms with E-state index in [4.69, 9.17) is 0 Å². The van der Waals surface area contributed by atoms with Crippen LogP contribution in [0.3, 0.4) is 0 Å². The van der Waals surface area contributed by atoms with Gasteiger partial charge < -0.3 is 0 Å². The molecule has 2 aromatic carbocycles. The number of fused-ring (bicyclic) bond motifs is 1. The van der Waals surface area contributed by atoms with Crippen molar-refractivity contribution in [3.63, 3.8) is 0 Å². The Balaban J connectivity index is 2.17. The molecule has 5 heteroatoms. The van der Waals surface area contributed by atoms with E-state index in [-0.39, 0.29) is 0 Å². The van der Waals surface area contributed by atoms with Gasteiger partial charge in [0.05, 0.1) is 10.2 Å². The van der Waals surface area contributed by atoms with Gasteiger partial charge in [-0.25, -0.2) is 4.98 Å². The van der Waals surface area contributed by atoms with E-state index in [1.54, 1.807) is 0 Å². The van der Waals surface area contributed by atoms with Crippen LogP contribution in [0.15, 0.2) is 54.6 Å². The van der Waals surface area contributed by atoms with Gasteiger partial charge in [0, 0.05) is 5.30 Å². The Kier molecular flexibility index (Phi) is 3.70. The number of nitrogens with zero attached hydrogens (tertiary/aromatic N) is 1. The Morgan fingerprint density at radius 1 is 1.10 bits per heavy atom. The van der Waals surface area contributed by atoms with E-state index in [0.29, 0.717) is 11.3 Å². The maximum atomic E-state index is 13.4. The van der Waals surface area contributed by atoms with Gasteiger partial charge >= 0.3 is 0 Å². The third kappa shape index (κ3) is 2.31. The Morgan fingerprint density at radius 3 is 2.50 bits per heavy atom. The third-order valence-corrected chi connectivity index (χ3v) is 7.36. The number of benzene rings is 2. The van der Waals surface area contributed by atoms with Gasteiger partial charge in [0.15, 0.2) is 4.75 Å². The highest BCUT2D eigenvalue weighted by Gasteiger charge is 2.29. The Hall–Kier alpha value is -1.48. The molecule has 1 unspecified atom stereocenters. The van der Waals surface area contributed by atoms with Crippen LogP contribution in [0.25, 0.3) is 10.2 Å². The second-order valence-corrected chi connectivity index (χ2v) is 8.23. The van der Waals surface area contributed by atoms with Gasteiger partial charge in [0.25, 0.3) is 0 Å². The van der Waals surface area contributed by atoms with Crippen LogP contribution < -0.4 is 15.1 Å². The summed E-state index contributed by atoms with van der Waals surface area (Å²) in [6.07, 6.45) is 0. The summed E-state index contributed by atoms with van der Waals surface area (Å²) in [5.74, 6) is 0. The number of hydrogen-bond acceptors (Lipinski definition) is 3. The topological polar surface area (TPSA) is 42.0 Å². The van der Waals surface area contributed by atoms with Crippen molar-refractivity contribution in [2.75, 3.05) is 6.54 Å². The molecule has 0 spiro atoms. The minimum atomic E-state index is -2.84. The second-order valence-electron chi connectivity index (χ2n) is 4.42. The summed E-state index contributed by atoms with van der Waals surface area (Å²) in [4.78, 5) is 4.57. The van der Waals surface area contributed by atoms with Crippen LogP contribution in [0.5, 0.6) is 0 Å². The molecular formula is C15H15N2OPS. The zero-order chi connectivity index (χ0) is 14.0. The molecule has 102 valence electrons. The molecule has 1 N–H and O–H groups in total. The summed E-state index contributed by atoms with van der Waals surface area (Å²) < 4.78 is 15.2. The van der Waals surface area contributed by atoms with E-state index in [1.807, 2.05) is 61.5 Å². The number of hydrogen-bond donors (Lipinski definition) is 1. The third-order valence-electron chi connectivity index (χ3n) is 3.05. The van der Waals surface area contributed by atoms with Gasteiger partial charge in [0.2, 0.25) is 7.29 Å². The number of rotatable bonds is 4. The summed E-state index contributed by atoms with van der Waals surface area (Å²) in [6.45, 7) is 2.60. The predicted octanol–water partition coefficient (Wildman–Crippen LogP) is 3.13. The van der Waals surface area contributed by atoms with Gasteiger partial charge in [-0.15, -0.1) is 11.3 Å². The van der Waals surface area contributed by atoms with Crippen molar-refractivity contribution in [3.8, 4) is 0 Å². The van der Waals surface area contributed by atoms with Gasteiger partial charge in [-0.1, -0.05) is 37.3 Å². The van der Waals surface area contributed by atoms with Crippen molar-refractivity contribution in [3.05, 3.63) is 54.6 Å². The maximum Gasteiger partial charge on any atom is 0.232 e. The number of nitrogens with one attached hydrogen (secondary N) is 1. The molecule has 0 radical (unpaired) electrons. The summed E-state index contributed by atoms with van der Waals surface area (Å²) >= 11 is 1.50. The summed E-state index contributed by atoms with van der Waals surface area (Å²) in [6, 6.07) is 17.4. The molecule has 0 saturated heterocycles. The van der Waals surface area contributed by atoms with Crippen molar-refractivity contribution >= 4 is 38.9 Å². The number of aromatic nitrogens is 1. The fourth-order valence-corrected chi connectivity index (χ4v) is 5.97. The van der Waals surface area contributed by atoms with Crippen molar-refractivity contribution < 1.29 is 4.57 Å². The Labute approximate surface area is 122 Å². The van der Waals surface area contributed by atoms with E-state index < -0.39 is 7.29 Å². The molecule has 0 aliphatic heterocycles. The van der Waals surface area contributed by atoms with Crippen LogP contribution in [0.2, 0.25) is 0 Å². The lowest BCUT2D eigenvalue weighted by atomic mass is 10.3. The molecular weight excluding hydrogens is 287 g/mol. The molecule has 1 heterocycles. The first kappa shape index (κ1) is 13.5. The van der Waals surface area contributed by atoms with E-state index in [2.05, 4.69) is 10.1 Å². The largest absolute Gasteiger partial charge is 0.294 e. The molecule has 20 heavy (non-hydrogen) atoms.